The molecule has 0 bridgehead atoms. The number of benzene rings is 1. The van der Waals surface area contributed by atoms with Crippen molar-refractivity contribution >= 4 is 0 Å². The molecule has 16 heavy (non-hydrogen) atoms. The fourth-order valence-corrected chi connectivity index (χ4v) is 1.93. The van der Waals surface area contributed by atoms with Crippen LogP contribution in [0.5, 0.6) is 5.75 Å². The predicted molar refractivity (Wildman–Crippen MR) is 57.5 cm³/mol. The number of halogens is 2. The largest absolute Gasteiger partial charge is 0.487 e. The van der Waals surface area contributed by atoms with Crippen LogP contribution in [0.4, 0.5) is 8.78 Å². The van der Waals surface area contributed by atoms with Crippen LogP contribution in [-0.4, -0.2) is 18.7 Å². The zero-order valence-electron chi connectivity index (χ0n) is 9.22. The molecule has 2 rings (SSSR count). The Labute approximate surface area is 93.6 Å². The molecular weight excluding hydrogens is 212 g/mol. The van der Waals surface area contributed by atoms with Crippen molar-refractivity contribution in [1.82, 2.24) is 5.32 Å². The molecule has 1 saturated heterocycles. The number of nitrogens with one attached hydrogen (secondary N) is 1. The Morgan fingerprint density at radius 3 is 2.25 bits per heavy atom. The van der Waals surface area contributed by atoms with E-state index in [4.69, 9.17) is 4.74 Å². The van der Waals surface area contributed by atoms with Crippen LogP contribution in [0.15, 0.2) is 18.2 Å². The second-order valence-electron chi connectivity index (χ2n) is 4.41. The first-order valence-electron chi connectivity index (χ1n) is 5.43. The van der Waals surface area contributed by atoms with Gasteiger partial charge in [-0.2, -0.15) is 0 Å². The van der Waals surface area contributed by atoms with Crippen molar-refractivity contribution in [3.8, 4) is 5.75 Å². The Hall–Kier alpha value is -1.16. The molecule has 1 N–H and O–H groups in total. The monoisotopic (exact) mass is 227 g/mol. The van der Waals surface area contributed by atoms with E-state index in [1.165, 1.54) is 12.1 Å². The summed E-state index contributed by atoms with van der Waals surface area (Å²) in [6.07, 6.45) is 1.68. The first-order chi connectivity index (χ1) is 7.57. The van der Waals surface area contributed by atoms with Crippen LogP contribution in [0, 0.1) is 11.6 Å². The third kappa shape index (κ3) is 2.70. The minimum Gasteiger partial charge on any atom is -0.487 e. The number of ether oxygens (including phenoxy) is 1. The van der Waals surface area contributed by atoms with Crippen LogP contribution < -0.4 is 10.1 Å². The summed E-state index contributed by atoms with van der Waals surface area (Å²) < 4.78 is 31.6. The average Bonchev–Trinajstić information content (AvgIpc) is 2.15. The number of hydrogen-bond donors (Lipinski definition) is 1. The van der Waals surface area contributed by atoms with Gasteiger partial charge in [0.25, 0.3) is 0 Å². The van der Waals surface area contributed by atoms with Gasteiger partial charge in [0, 0.05) is 18.2 Å². The Morgan fingerprint density at radius 2 is 1.69 bits per heavy atom. The van der Waals surface area contributed by atoms with E-state index in [9.17, 15) is 8.78 Å². The SMILES string of the molecule is CC1(Oc2cc(F)cc(F)c2)CCNCC1. The first kappa shape index (κ1) is 11.3. The zero-order chi connectivity index (χ0) is 11.6. The molecule has 0 aliphatic carbocycles. The van der Waals surface area contributed by atoms with Gasteiger partial charge in [0.1, 0.15) is 23.0 Å². The van der Waals surface area contributed by atoms with Crippen LogP contribution in [-0.2, 0) is 0 Å². The first-order valence-corrected chi connectivity index (χ1v) is 5.43. The van der Waals surface area contributed by atoms with E-state index < -0.39 is 11.6 Å². The fourth-order valence-electron chi connectivity index (χ4n) is 1.93. The fraction of sp³-hybridized carbons (Fsp3) is 0.500. The summed E-state index contributed by atoms with van der Waals surface area (Å²) in [4.78, 5) is 0. The maximum absolute atomic E-state index is 13.0. The van der Waals surface area contributed by atoms with Crippen LogP contribution in [0.2, 0.25) is 0 Å². The van der Waals surface area contributed by atoms with Gasteiger partial charge in [-0.3, -0.25) is 0 Å². The van der Waals surface area contributed by atoms with Crippen LogP contribution in [0.1, 0.15) is 19.8 Å². The van der Waals surface area contributed by atoms with Gasteiger partial charge in [-0.15, -0.1) is 0 Å². The maximum Gasteiger partial charge on any atom is 0.129 e. The molecule has 0 atom stereocenters. The van der Waals surface area contributed by atoms with E-state index >= 15 is 0 Å². The highest BCUT2D eigenvalue weighted by molar-refractivity contribution is 5.24. The van der Waals surface area contributed by atoms with E-state index in [1.54, 1.807) is 0 Å². The molecule has 1 aliphatic heterocycles. The van der Waals surface area contributed by atoms with Crippen LogP contribution in [0.25, 0.3) is 0 Å². The van der Waals surface area contributed by atoms with Crippen molar-refractivity contribution in [2.24, 2.45) is 0 Å². The summed E-state index contributed by atoms with van der Waals surface area (Å²) in [6.45, 7) is 3.71. The van der Waals surface area contributed by atoms with Crippen molar-refractivity contribution in [2.75, 3.05) is 13.1 Å². The molecule has 0 saturated carbocycles. The second-order valence-corrected chi connectivity index (χ2v) is 4.41. The minimum absolute atomic E-state index is 0.266. The van der Waals surface area contributed by atoms with Gasteiger partial charge in [0.15, 0.2) is 0 Å². The van der Waals surface area contributed by atoms with Crippen LogP contribution >= 0.6 is 0 Å². The molecule has 0 spiro atoms. The number of rotatable bonds is 2. The van der Waals surface area contributed by atoms with Gasteiger partial charge >= 0.3 is 0 Å². The third-order valence-electron chi connectivity index (χ3n) is 2.86. The van der Waals surface area contributed by atoms with Crippen molar-refractivity contribution in [3.05, 3.63) is 29.8 Å². The molecule has 2 nitrogen and oxygen atoms in total. The molecule has 0 radical (unpaired) electrons. The quantitative estimate of drug-likeness (QED) is 0.838. The van der Waals surface area contributed by atoms with Gasteiger partial charge in [-0.25, -0.2) is 8.78 Å². The van der Waals surface area contributed by atoms with E-state index in [-0.39, 0.29) is 11.4 Å². The van der Waals surface area contributed by atoms with Crippen molar-refractivity contribution < 1.29 is 13.5 Å². The lowest BCUT2D eigenvalue weighted by molar-refractivity contribution is 0.0550. The normalized spacial score (nSPS) is 19.4. The molecule has 1 heterocycles. The van der Waals surface area contributed by atoms with Gasteiger partial charge in [0.2, 0.25) is 0 Å². The van der Waals surface area contributed by atoms with Gasteiger partial charge in [0.05, 0.1) is 0 Å². The summed E-state index contributed by atoms with van der Waals surface area (Å²) >= 11 is 0. The molecule has 0 aromatic heterocycles. The Balaban J connectivity index is 2.13. The molecule has 1 fully saturated rings. The van der Waals surface area contributed by atoms with E-state index in [0.29, 0.717) is 0 Å². The predicted octanol–water partition coefficient (Wildman–Crippen LogP) is 2.49. The molecular formula is C12H15F2NO. The summed E-state index contributed by atoms with van der Waals surface area (Å²) in [6, 6.07) is 3.28. The minimum atomic E-state index is -0.604. The zero-order valence-corrected chi connectivity index (χ0v) is 9.22. The number of piperidine rings is 1. The van der Waals surface area contributed by atoms with E-state index in [0.717, 1.165) is 32.0 Å². The summed E-state index contributed by atoms with van der Waals surface area (Å²) in [5.74, 6) is -0.943. The van der Waals surface area contributed by atoms with E-state index in [1.807, 2.05) is 6.92 Å². The Bertz CT molecular complexity index is 355. The summed E-state index contributed by atoms with van der Waals surface area (Å²) in [7, 11) is 0. The van der Waals surface area contributed by atoms with Crippen molar-refractivity contribution in [2.45, 2.75) is 25.4 Å². The summed E-state index contributed by atoms with van der Waals surface area (Å²) in [5.41, 5.74) is -0.328. The molecule has 1 aliphatic rings. The van der Waals surface area contributed by atoms with Gasteiger partial charge < -0.3 is 10.1 Å². The Kier molecular flexibility index (Phi) is 3.10. The van der Waals surface area contributed by atoms with Gasteiger partial charge in [-0.1, -0.05) is 0 Å². The smallest absolute Gasteiger partial charge is 0.129 e. The highest BCUT2D eigenvalue weighted by atomic mass is 19.1. The van der Waals surface area contributed by atoms with Crippen molar-refractivity contribution in [1.29, 1.82) is 0 Å². The highest BCUT2D eigenvalue weighted by Gasteiger charge is 2.28. The standard InChI is InChI=1S/C12H15F2NO/c1-12(2-4-15-5-3-12)16-11-7-9(13)6-10(14)8-11/h6-8,15H,2-5H2,1H3. The molecule has 0 amide bonds. The molecule has 4 heteroatoms. The van der Waals surface area contributed by atoms with Crippen LogP contribution in [0.3, 0.4) is 0 Å². The number of hydrogen-bond acceptors (Lipinski definition) is 2. The molecule has 88 valence electrons. The van der Waals surface area contributed by atoms with E-state index in [2.05, 4.69) is 5.32 Å². The Morgan fingerprint density at radius 1 is 1.12 bits per heavy atom. The third-order valence-corrected chi connectivity index (χ3v) is 2.86. The summed E-state index contributed by atoms with van der Waals surface area (Å²) in [5, 5.41) is 3.22. The second kappa shape index (κ2) is 4.37. The molecule has 0 unspecified atom stereocenters. The highest BCUT2D eigenvalue weighted by Crippen LogP contribution is 2.26. The maximum atomic E-state index is 13.0. The molecule has 1 aromatic carbocycles. The lowest BCUT2D eigenvalue weighted by Crippen LogP contribution is -2.43. The lowest BCUT2D eigenvalue weighted by atomic mass is 9.94. The van der Waals surface area contributed by atoms with Crippen molar-refractivity contribution in [3.63, 3.8) is 0 Å². The average molecular weight is 227 g/mol. The van der Waals surface area contributed by atoms with Gasteiger partial charge in [-0.05, 0) is 32.9 Å². The topological polar surface area (TPSA) is 21.3 Å². The molecule has 1 aromatic rings. The lowest BCUT2D eigenvalue weighted by Gasteiger charge is -2.34.